The Labute approximate surface area is 201 Å². The third-order valence-electron chi connectivity index (χ3n) is 6.91. The lowest BCUT2D eigenvalue weighted by atomic mass is 9.65. The van der Waals surface area contributed by atoms with Gasteiger partial charge in [-0.2, -0.15) is 0 Å². The van der Waals surface area contributed by atoms with Gasteiger partial charge in [0, 0.05) is 28.5 Å². The fourth-order valence-electron chi connectivity index (χ4n) is 4.81. The second kappa shape index (κ2) is 7.57. The number of Topliss-reactive ketones (excluding diaryl/α,β-unsaturated/α-hetero) is 1. The number of hydrogen-bond donors (Lipinski definition) is 0. The van der Waals surface area contributed by atoms with E-state index >= 15 is 0 Å². The summed E-state index contributed by atoms with van der Waals surface area (Å²) in [5, 5.41) is 0.913. The average molecular weight is 453 g/mol. The van der Waals surface area contributed by atoms with E-state index in [4.69, 9.17) is 9.15 Å². The summed E-state index contributed by atoms with van der Waals surface area (Å²) in [6.45, 7) is 28.6. The Kier molecular flexibility index (Phi) is 5.90. The van der Waals surface area contributed by atoms with Crippen molar-refractivity contribution in [2.75, 3.05) is 6.61 Å². The zero-order valence-corrected chi connectivity index (χ0v) is 23.2. The summed E-state index contributed by atoms with van der Waals surface area (Å²) in [5.74, 6) is 0.711. The van der Waals surface area contributed by atoms with Gasteiger partial charge in [-0.25, -0.2) is 0 Å². The molecule has 0 bridgehead atoms. The van der Waals surface area contributed by atoms with Crippen LogP contribution in [0.4, 0.5) is 0 Å². The van der Waals surface area contributed by atoms with Crippen molar-refractivity contribution in [1.29, 1.82) is 0 Å². The minimum absolute atomic E-state index is 0.0558. The Morgan fingerprint density at radius 2 is 1.42 bits per heavy atom. The first-order valence-corrected chi connectivity index (χ1v) is 12.3. The molecular weight excluding hydrogens is 408 g/mol. The van der Waals surface area contributed by atoms with Gasteiger partial charge >= 0.3 is 0 Å². The van der Waals surface area contributed by atoms with Crippen molar-refractivity contribution in [2.45, 2.75) is 106 Å². The molecule has 3 rings (SSSR count). The molecule has 3 heteroatoms. The second-order valence-corrected chi connectivity index (χ2v) is 13.8. The van der Waals surface area contributed by atoms with Gasteiger partial charge in [-0.15, -0.1) is 0 Å². The van der Waals surface area contributed by atoms with Gasteiger partial charge in [-0.3, -0.25) is 4.79 Å². The molecule has 1 aromatic carbocycles. The summed E-state index contributed by atoms with van der Waals surface area (Å²) in [7, 11) is 0. The number of ether oxygens (including phenoxy) is 1. The van der Waals surface area contributed by atoms with Gasteiger partial charge in [0.2, 0.25) is 0 Å². The highest BCUT2D eigenvalue weighted by Gasteiger charge is 2.53. The van der Waals surface area contributed by atoms with Crippen molar-refractivity contribution in [2.24, 2.45) is 10.8 Å². The first-order valence-electron chi connectivity index (χ1n) is 12.3. The minimum Gasteiger partial charge on any atom is -0.456 e. The van der Waals surface area contributed by atoms with E-state index in [1.807, 2.05) is 6.92 Å². The zero-order valence-electron chi connectivity index (χ0n) is 23.2. The fourth-order valence-corrected chi connectivity index (χ4v) is 4.81. The number of benzene rings is 1. The number of carbonyl (C=O) groups is 1. The normalized spacial score (nSPS) is 20.3. The van der Waals surface area contributed by atoms with Gasteiger partial charge in [0.1, 0.15) is 11.2 Å². The first kappa shape index (κ1) is 25.7. The summed E-state index contributed by atoms with van der Waals surface area (Å²) in [6, 6.07) is 4.44. The Hall–Kier alpha value is -1.87. The van der Waals surface area contributed by atoms with Gasteiger partial charge < -0.3 is 9.15 Å². The maximum atomic E-state index is 14.1. The largest absolute Gasteiger partial charge is 0.456 e. The molecule has 1 aromatic heterocycles. The highest BCUT2D eigenvalue weighted by molar-refractivity contribution is 6.19. The Bertz CT molecular complexity index is 1110. The van der Waals surface area contributed by atoms with Crippen molar-refractivity contribution in [3.63, 3.8) is 0 Å². The minimum atomic E-state index is -0.830. The predicted octanol–water partition coefficient (Wildman–Crippen LogP) is 8.47. The highest BCUT2D eigenvalue weighted by atomic mass is 16.5. The van der Waals surface area contributed by atoms with Crippen LogP contribution in [0.3, 0.4) is 0 Å². The molecule has 33 heavy (non-hydrogen) atoms. The molecule has 0 aliphatic heterocycles. The Balaban J connectivity index is 2.59. The molecule has 0 unspecified atom stereocenters. The summed E-state index contributed by atoms with van der Waals surface area (Å²) in [6.07, 6.45) is 2.06. The molecule has 1 aliphatic rings. The lowest BCUT2D eigenvalue weighted by Crippen LogP contribution is -2.45. The van der Waals surface area contributed by atoms with E-state index in [1.165, 1.54) is 5.56 Å². The number of ketones is 1. The van der Waals surface area contributed by atoms with Crippen molar-refractivity contribution >= 4 is 16.8 Å². The maximum Gasteiger partial charge on any atom is 0.193 e. The SMILES string of the molecule is CCO[C@@]1(C(C)(C)C)C=C(C(C)(C)C)C(=O)c2c1oc1c(C(C)(C)C)cc(C(C)(C)C)cc21. The summed E-state index contributed by atoms with van der Waals surface area (Å²) < 4.78 is 13.3. The van der Waals surface area contributed by atoms with Crippen LogP contribution in [0.1, 0.15) is 117 Å². The number of rotatable bonds is 2. The van der Waals surface area contributed by atoms with E-state index in [0.717, 1.165) is 22.1 Å². The highest BCUT2D eigenvalue weighted by Crippen LogP contribution is 2.54. The van der Waals surface area contributed by atoms with Crippen LogP contribution in [0.15, 0.2) is 28.2 Å². The van der Waals surface area contributed by atoms with Crippen LogP contribution < -0.4 is 0 Å². The number of hydrogen-bond acceptors (Lipinski definition) is 3. The molecule has 1 aliphatic carbocycles. The van der Waals surface area contributed by atoms with Crippen LogP contribution >= 0.6 is 0 Å². The molecule has 0 amide bonds. The van der Waals surface area contributed by atoms with Gasteiger partial charge in [0.05, 0.1) is 5.56 Å². The van der Waals surface area contributed by atoms with Crippen LogP contribution in [0.25, 0.3) is 11.0 Å². The van der Waals surface area contributed by atoms with Crippen molar-refractivity contribution < 1.29 is 13.9 Å². The molecular formula is C30H44O3. The van der Waals surface area contributed by atoms with E-state index in [9.17, 15) is 4.79 Å². The van der Waals surface area contributed by atoms with Gasteiger partial charge in [-0.05, 0) is 40.9 Å². The fraction of sp³-hybridized carbons (Fsp3) is 0.633. The van der Waals surface area contributed by atoms with E-state index in [1.54, 1.807) is 0 Å². The van der Waals surface area contributed by atoms with Crippen LogP contribution in [-0.2, 0) is 21.2 Å². The molecule has 0 fully saturated rings. The van der Waals surface area contributed by atoms with Crippen LogP contribution in [-0.4, -0.2) is 12.4 Å². The molecule has 1 heterocycles. The van der Waals surface area contributed by atoms with Gasteiger partial charge in [-0.1, -0.05) is 89.2 Å². The number of fused-ring (bicyclic) bond motifs is 3. The molecule has 182 valence electrons. The predicted molar refractivity (Wildman–Crippen MR) is 138 cm³/mol. The average Bonchev–Trinajstić information content (AvgIpc) is 3.00. The van der Waals surface area contributed by atoms with Crippen LogP contribution in [0.2, 0.25) is 0 Å². The molecule has 2 aromatic rings. The number of allylic oxidation sites excluding steroid dienone is 1. The quantitative estimate of drug-likeness (QED) is 0.458. The smallest absolute Gasteiger partial charge is 0.193 e. The van der Waals surface area contributed by atoms with Gasteiger partial charge in [0.15, 0.2) is 11.5 Å². The lowest BCUT2D eigenvalue weighted by Gasteiger charge is -2.44. The monoisotopic (exact) mass is 452 g/mol. The van der Waals surface area contributed by atoms with E-state index in [0.29, 0.717) is 17.9 Å². The standard InChI is InChI=1S/C30H44O3/c1-14-32-30(29(11,12)13)17-21(28(8,9)10)23(31)22-19-15-18(26(2,3)4)16-20(27(5,6)7)24(19)33-25(22)30/h15-17H,14H2,1-13H3/t30-/m0/s1. The van der Waals surface area contributed by atoms with Gasteiger partial charge in [0.25, 0.3) is 0 Å². The summed E-state index contributed by atoms with van der Waals surface area (Å²) in [4.78, 5) is 14.1. The molecule has 0 radical (unpaired) electrons. The molecule has 0 N–H and O–H groups in total. The summed E-state index contributed by atoms with van der Waals surface area (Å²) >= 11 is 0. The van der Waals surface area contributed by atoms with Crippen molar-refractivity contribution in [1.82, 2.24) is 0 Å². The zero-order chi connectivity index (χ0) is 25.4. The topological polar surface area (TPSA) is 39.4 Å². The lowest BCUT2D eigenvalue weighted by molar-refractivity contribution is -0.0965. The maximum absolute atomic E-state index is 14.1. The second-order valence-electron chi connectivity index (χ2n) is 13.8. The Morgan fingerprint density at radius 3 is 1.85 bits per heavy atom. The molecule has 1 atom stereocenters. The number of furan rings is 1. The third-order valence-corrected chi connectivity index (χ3v) is 6.91. The Morgan fingerprint density at radius 1 is 0.848 bits per heavy atom. The van der Waals surface area contributed by atoms with E-state index in [2.05, 4.69) is 101 Å². The van der Waals surface area contributed by atoms with Crippen molar-refractivity contribution in [3.8, 4) is 0 Å². The molecule has 0 saturated heterocycles. The van der Waals surface area contributed by atoms with Crippen molar-refractivity contribution in [3.05, 3.63) is 46.2 Å². The van der Waals surface area contributed by atoms with E-state index in [-0.39, 0.29) is 27.4 Å². The summed E-state index contributed by atoms with van der Waals surface area (Å²) in [5.41, 5.74) is 2.95. The first-order chi connectivity index (χ1) is 14.8. The molecule has 0 saturated carbocycles. The van der Waals surface area contributed by atoms with Crippen LogP contribution in [0.5, 0.6) is 0 Å². The third kappa shape index (κ3) is 4.11. The molecule has 3 nitrogen and oxygen atoms in total. The van der Waals surface area contributed by atoms with E-state index < -0.39 is 5.60 Å². The number of carbonyl (C=O) groups excluding carboxylic acids is 1. The molecule has 0 spiro atoms. The van der Waals surface area contributed by atoms with Crippen LogP contribution in [0, 0.1) is 10.8 Å².